The molecule has 0 bridgehead atoms. The third kappa shape index (κ3) is 3.33. The van der Waals surface area contributed by atoms with Gasteiger partial charge in [0, 0.05) is 13.1 Å². The fraction of sp³-hybridized carbons (Fsp3) is 0.350. The molecule has 2 aromatic heterocycles. The van der Waals surface area contributed by atoms with E-state index in [-0.39, 0.29) is 17.9 Å². The lowest BCUT2D eigenvalue weighted by Gasteiger charge is -2.34. The van der Waals surface area contributed by atoms with Gasteiger partial charge >= 0.3 is 5.97 Å². The summed E-state index contributed by atoms with van der Waals surface area (Å²) in [4.78, 5) is 24.8. The van der Waals surface area contributed by atoms with Crippen molar-refractivity contribution in [3.63, 3.8) is 0 Å². The normalized spacial score (nSPS) is 17.1. The summed E-state index contributed by atoms with van der Waals surface area (Å²) in [5.74, 6) is 0.802. The Hall–Kier alpha value is -2.58. The summed E-state index contributed by atoms with van der Waals surface area (Å²) in [6.07, 6.45) is -0.182. The summed E-state index contributed by atoms with van der Waals surface area (Å²) in [6, 6.07) is 6.37. The molecular weight excluding hydrogens is 381 g/mol. The molecule has 6 nitrogen and oxygen atoms in total. The van der Waals surface area contributed by atoms with Crippen LogP contribution in [-0.4, -0.2) is 42.7 Å². The average Bonchev–Trinajstić information content (AvgIpc) is 3.03. The van der Waals surface area contributed by atoms with Crippen molar-refractivity contribution in [2.45, 2.75) is 20.0 Å². The minimum Gasteiger partial charge on any atom is -0.465 e. The smallest absolute Gasteiger partial charge is 0.348 e. The van der Waals surface area contributed by atoms with Gasteiger partial charge in [0.25, 0.3) is 0 Å². The van der Waals surface area contributed by atoms with Crippen LogP contribution in [0.1, 0.15) is 32.7 Å². The van der Waals surface area contributed by atoms with Crippen LogP contribution >= 0.6 is 11.3 Å². The first-order valence-electron chi connectivity index (χ1n) is 8.96. The minimum atomic E-state index is -0.365. The SMILES string of the molecule is COC(=O)c1sc2nc(C)nc(N3CCO[C@H](c4ccc(F)cc4)C3)c2c1C. The number of nitrogens with zero attached hydrogens (tertiary/aromatic N) is 3. The molecule has 3 heterocycles. The van der Waals surface area contributed by atoms with E-state index >= 15 is 0 Å². The lowest BCUT2D eigenvalue weighted by Crippen LogP contribution is -2.39. The molecule has 0 aliphatic carbocycles. The Bertz CT molecular complexity index is 1040. The molecular formula is C20H20FN3O3S. The lowest BCUT2D eigenvalue weighted by molar-refractivity contribution is 0.0395. The van der Waals surface area contributed by atoms with Gasteiger partial charge in [0.05, 0.1) is 19.1 Å². The summed E-state index contributed by atoms with van der Waals surface area (Å²) >= 11 is 1.32. The molecule has 0 saturated carbocycles. The van der Waals surface area contributed by atoms with E-state index in [0.717, 1.165) is 27.2 Å². The summed E-state index contributed by atoms with van der Waals surface area (Å²) in [5.41, 5.74) is 1.75. The van der Waals surface area contributed by atoms with Gasteiger partial charge in [-0.2, -0.15) is 0 Å². The molecule has 0 unspecified atom stereocenters. The van der Waals surface area contributed by atoms with Crippen molar-refractivity contribution in [2.75, 3.05) is 31.7 Å². The number of methoxy groups -OCH3 is 1. The van der Waals surface area contributed by atoms with Gasteiger partial charge in [-0.1, -0.05) is 12.1 Å². The van der Waals surface area contributed by atoms with E-state index in [1.54, 1.807) is 12.1 Å². The fourth-order valence-electron chi connectivity index (χ4n) is 3.46. The van der Waals surface area contributed by atoms with Crippen LogP contribution in [0.2, 0.25) is 0 Å². The van der Waals surface area contributed by atoms with Gasteiger partial charge in [-0.25, -0.2) is 19.2 Å². The number of halogens is 1. The number of fused-ring (bicyclic) bond motifs is 1. The highest BCUT2D eigenvalue weighted by molar-refractivity contribution is 7.20. The number of hydrogen-bond acceptors (Lipinski definition) is 7. The van der Waals surface area contributed by atoms with Gasteiger partial charge in [0.2, 0.25) is 0 Å². The number of aryl methyl sites for hydroxylation is 2. The van der Waals surface area contributed by atoms with Gasteiger partial charge < -0.3 is 14.4 Å². The Morgan fingerprint density at radius 2 is 2.04 bits per heavy atom. The second-order valence-electron chi connectivity index (χ2n) is 6.68. The molecule has 3 aromatic rings. The number of carbonyl (C=O) groups is 1. The zero-order valence-electron chi connectivity index (χ0n) is 15.9. The van der Waals surface area contributed by atoms with Gasteiger partial charge in [0.15, 0.2) is 0 Å². The maximum absolute atomic E-state index is 13.3. The Morgan fingerprint density at radius 1 is 1.29 bits per heavy atom. The number of morpholine rings is 1. The summed E-state index contributed by atoms with van der Waals surface area (Å²) in [5, 5.41) is 0.871. The van der Waals surface area contributed by atoms with Crippen molar-refractivity contribution >= 4 is 33.3 Å². The monoisotopic (exact) mass is 401 g/mol. The molecule has 0 N–H and O–H groups in total. The Morgan fingerprint density at radius 3 is 2.75 bits per heavy atom. The predicted molar refractivity (Wildman–Crippen MR) is 106 cm³/mol. The predicted octanol–water partition coefficient (Wildman–Crippen LogP) is 3.81. The van der Waals surface area contributed by atoms with E-state index in [9.17, 15) is 9.18 Å². The fourth-order valence-corrected chi connectivity index (χ4v) is 4.60. The van der Waals surface area contributed by atoms with Crippen molar-refractivity contribution in [3.05, 3.63) is 51.9 Å². The molecule has 0 amide bonds. The quantitative estimate of drug-likeness (QED) is 0.622. The standard InChI is InChI=1S/C20H20FN3O3S/c1-11-16-18(22-12(2)23-19(16)28-17(11)20(25)26-3)24-8-9-27-15(10-24)13-4-6-14(21)7-5-13/h4-7,15H,8-10H2,1-3H3/t15-/m0/s1. The van der Waals surface area contributed by atoms with Crippen LogP contribution < -0.4 is 4.90 Å². The van der Waals surface area contributed by atoms with Crippen LogP contribution in [0.4, 0.5) is 10.2 Å². The summed E-state index contributed by atoms with van der Waals surface area (Å²) in [7, 11) is 1.37. The summed E-state index contributed by atoms with van der Waals surface area (Å²) < 4.78 is 24.1. The first kappa shape index (κ1) is 18.8. The van der Waals surface area contributed by atoms with Gasteiger partial charge in [-0.15, -0.1) is 11.3 Å². The number of esters is 1. The highest BCUT2D eigenvalue weighted by atomic mass is 32.1. The number of carbonyl (C=O) groups excluding carboxylic acids is 1. The molecule has 0 spiro atoms. The molecule has 1 atom stereocenters. The molecule has 4 rings (SSSR count). The van der Waals surface area contributed by atoms with Crippen molar-refractivity contribution in [1.29, 1.82) is 0 Å². The second-order valence-corrected chi connectivity index (χ2v) is 7.68. The average molecular weight is 401 g/mol. The van der Waals surface area contributed by atoms with Crippen LogP contribution in [0.15, 0.2) is 24.3 Å². The second kappa shape index (κ2) is 7.44. The van der Waals surface area contributed by atoms with E-state index in [1.807, 2.05) is 13.8 Å². The number of rotatable bonds is 3. The number of anilines is 1. The van der Waals surface area contributed by atoms with Crippen LogP contribution in [-0.2, 0) is 9.47 Å². The Labute approximate surface area is 165 Å². The van der Waals surface area contributed by atoms with E-state index in [4.69, 9.17) is 9.47 Å². The van der Waals surface area contributed by atoms with Crippen molar-refractivity contribution in [1.82, 2.24) is 9.97 Å². The van der Waals surface area contributed by atoms with Gasteiger partial charge in [0.1, 0.15) is 33.3 Å². The molecule has 1 saturated heterocycles. The molecule has 1 aliphatic rings. The van der Waals surface area contributed by atoms with Crippen molar-refractivity contribution < 1.29 is 18.7 Å². The van der Waals surface area contributed by atoms with E-state index < -0.39 is 0 Å². The van der Waals surface area contributed by atoms with Gasteiger partial charge in [-0.05, 0) is 37.1 Å². The maximum Gasteiger partial charge on any atom is 0.348 e. The molecule has 0 radical (unpaired) electrons. The lowest BCUT2D eigenvalue weighted by atomic mass is 10.1. The summed E-state index contributed by atoms with van der Waals surface area (Å²) in [6.45, 7) is 5.52. The first-order chi connectivity index (χ1) is 13.5. The third-order valence-electron chi connectivity index (χ3n) is 4.86. The molecule has 1 aliphatic heterocycles. The number of hydrogen-bond donors (Lipinski definition) is 0. The third-order valence-corrected chi connectivity index (χ3v) is 6.03. The van der Waals surface area contributed by atoms with Crippen molar-refractivity contribution in [2.24, 2.45) is 0 Å². The van der Waals surface area contributed by atoms with E-state index in [0.29, 0.717) is 30.4 Å². The first-order valence-corrected chi connectivity index (χ1v) is 9.77. The molecule has 8 heteroatoms. The number of ether oxygens (including phenoxy) is 2. The highest BCUT2D eigenvalue weighted by Crippen LogP contribution is 2.37. The number of benzene rings is 1. The van der Waals surface area contributed by atoms with Crippen molar-refractivity contribution in [3.8, 4) is 0 Å². The maximum atomic E-state index is 13.3. The molecule has 1 fully saturated rings. The highest BCUT2D eigenvalue weighted by Gasteiger charge is 2.27. The Kier molecular flexibility index (Phi) is 4.99. The minimum absolute atomic E-state index is 0.182. The van der Waals surface area contributed by atoms with Crippen LogP contribution in [0.25, 0.3) is 10.2 Å². The molecule has 146 valence electrons. The largest absolute Gasteiger partial charge is 0.465 e. The van der Waals surface area contributed by atoms with E-state index in [2.05, 4.69) is 14.9 Å². The van der Waals surface area contributed by atoms with E-state index in [1.165, 1.54) is 30.6 Å². The molecule has 28 heavy (non-hydrogen) atoms. The zero-order chi connectivity index (χ0) is 19.8. The Balaban J connectivity index is 1.74. The topological polar surface area (TPSA) is 64.5 Å². The van der Waals surface area contributed by atoms with Gasteiger partial charge in [-0.3, -0.25) is 0 Å². The van der Waals surface area contributed by atoms with Crippen LogP contribution in [0, 0.1) is 19.7 Å². The van der Waals surface area contributed by atoms with Crippen LogP contribution in [0.3, 0.4) is 0 Å². The number of aromatic nitrogens is 2. The number of thiophene rings is 1. The molecule has 1 aromatic carbocycles. The van der Waals surface area contributed by atoms with Crippen LogP contribution in [0.5, 0.6) is 0 Å². The zero-order valence-corrected chi connectivity index (χ0v) is 16.7.